The number of hydrogen-bond acceptors (Lipinski definition) is 1. The van der Waals surface area contributed by atoms with Crippen molar-refractivity contribution < 1.29 is 4.79 Å². The number of hydrogen-bond donors (Lipinski definition) is 0. The smallest absolute Gasteiger partial charge is 0.213 e. The monoisotopic (exact) mass is 113 g/mol. The molecule has 0 aliphatic rings. The maximum absolute atomic E-state index is 9.97. The Kier molecular flexibility index (Phi) is 2.92. The minimum absolute atomic E-state index is 0.756. The third-order valence-electron chi connectivity index (χ3n) is 1.07. The molecule has 1 amide bonds. The fourth-order valence-electron chi connectivity index (χ4n) is 0.324. The van der Waals surface area contributed by atoms with Crippen LogP contribution in [0.2, 0.25) is 0 Å². The molecule has 0 bridgehead atoms. The summed E-state index contributed by atoms with van der Waals surface area (Å²) in [6.07, 6.45) is 1.58. The van der Waals surface area contributed by atoms with Crippen molar-refractivity contribution >= 4 is 6.41 Å². The van der Waals surface area contributed by atoms with E-state index in [0.29, 0.717) is 0 Å². The summed E-state index contributed by atoms with van der Waals surface area (Å²) in [6, 6.07) is 0. The van der Waals surface area contributed by atoms with Gasteiger partial charge in [-0.2, -0.15) is 0 Å². The molecule has 0 N–H and O–H groups in total. The first kappa shape index (κ1) is 7.21. The van der Waals surface area contributed by atoms with E-state index in [2.05, 4.69) is 6.58 Å². The van der Waals surface area contributed by atoms with Gasteiger partial charge in [0.1, 0.15) is 0 Å². The highest BCUT2D eigenvalue weighted by Gasteiger charge is 1.92. The number of rotatable bonds is 3. The minimum Gasteiger partial charge on any atom is -0.322 e. The highest BCUT2D eigenvalue weighted by molar-refractivity contribution is 5.49. The van der Waals surface area contributed by atoms with Gasteiger partial charge in [-0.1, -0.05) is 13.5 Å². The summed E-state index contributed by atoms with van der Waals surface area (Å²) in [5.41, 5.74) is 0.847. The summed E-state index contributed by atoms with van der Waals surface area (Å²) >= 11 is 0. The maximum atomic E-state index is 9.97. The highest BCUT2D eigenvalue weighted by atomic mass is 16.1. The topological polar surface area (TPSA) is 20.3 Å². The summed E-state index contributed by atoms with van der Waals surface area (Å²) < 4.78 is 0. The summed E-state index contributed by atoms with van der Waals surface area (Å²) in [4.78, 5) is 11.4. The average molecular weight is 113 g/mol. The molecule has 0 aromatic rings. The second-order valence-corrected chi connectivity index (χ2v) is 1.64. The average Bonchev–Trinajstić information content (AvgIpc) is 1.84. The largest absolute Gasteiger partial charge is 0.322 e. The van der Waals surface area contributed by atoms with E-state index in [-0.39, 0.29) is 0 Å². The predicted octanol–water partition coefficient (Wildman–Crippen LogP) is 0.998. The molecule has 0 atom stereocenters. The molecule has 0 aromatic carbocycles. The number of allylic oxidation sites excluding steroid dienone is 1. The maximum Gasteiger partial charge on any atom is 0.213 e. The van der Waals surface area contributed by atoms with Gasteiger partial charge in [-0.3, -0.25) is 4.79 Å². The summed E-state index contributed by atoms with van der Waals surface area (Å²) in [7, 11) is 1.69. The molecule has 0 spiro atoms. The molecule has 46 valence electrons. The van der Waals surface area contributed by atoms with Crippen LogP contribution in [0.5, 0.6) is 0 Å². The SMILES string of the molecule is C=C(CC)N(C)C=O. The predicted molar refractivity (Wildman–Crippen MR) is 33.3 cm³/mol. The molecular formula is C6H11NO. The molecule has 0 aliphatic heterocycles. The van der Waals surface area contributed by atoms with Gasteiger partial charge in [-0.05, 0) is 6.42 Å². The van der Waals surface area contributed by atoms with Crippen molar-refractivity contribution in [2.75, 3.05) is 7.05 Å². The molecule has 0 fully saturated rings. The van der Waals surface area contributed by atoms with Crippen LogP contribution in [-0.4, -0.2) is 18.4 Å². The van der Waals surface area contributed by atoms with E-state index in [1.165, 1.54) is 4.90 Å². The molecule has 0 aliphatic carbocycles. The Morgan fingerprint density at radius 3 is 2.50 bits per heavy atom. The van der Waals surface area contributed by atoms with Crippen molar-refractivity contribution in [3.63, 3.8) is 0 Å². The fourth-order valence-corrected chi connectivity index (χ4v) is 0.324. The lowest BCUT2D eigenvalue weighted by Gasteiger charge is -2.10. The van der Waals surface area contributed by atoms with Crippen LogP contribution >= 0.6 is 0 Å². The van der Waals surface area contributed by atoms with Crippen molar-refractivity contribution in [3.8, 4) is 0 Å². The van der Waals surface area contributed by atoms with Crippen molar-refractivity contribution in [3.05, 3.63) is 12.3 Å². The second-order valence-electron chi connectivity index (χ2n) is 1.64. The van der Waals surface area contributed by atoms with Gasteiger partial charge in [0.15, 0.2) is 0 Å². The first-order valence-electron chi connectivity index (χ1n) is 2.58. The number of amides is 1. The zero-order chi connectivity index (χ0) is 6.57. The van der Waals surface area contributed by atoms with Gasteiger partial charge >= 0.3 is 0 Å². The van der Waals surface area contributed by atoms with E-state index in [1.54, 1.807) is 7.05 Å². The molecule has 0 saturated heterocycles. The Hall–Kier alpha value is -0.790. The molecule has 0 radical (unpaired) electrons. The van der Waals surface area contributed by atoms with Crippen LogP contribution in [0.3, 0.4) is 0 Å². The summed E-state index contributed by atoms with van der Waals surface area (Å²) in [5.74, 6) is 0. The third-order valence-corrected chi connectivity index (χ3v) is 1.07. The Labute approximate surface area is 49.8 Å². The standard InChI is InChI=1S/C6H11NO/c1-4-6(2)7(3)5-8/h5H,2,4H2,1,3H3. The molecule has 2 heteroatoms. The summed E-state index contributed by atoms with van der Waals surface area (Å²) in [6.45, 7) is 5.60. The van der Waals surface area contributed by atoms with Gasteiger partial charge in [-0.25, -0.2) is 0 Å². The lowest BCUT2D eigenvalue weighted by atomic mass is 10.4. The minimum atomic E-state index is 0.756. The molecule has 0 aromatic heterocycles. The first-order chi connectivity index (χ1) is 3.72. The Balaban J connectivity index is 3.62. The van der Waals surface area contributed by atoms with Crippen LogP contribution < -0.4 is 0 Å². The van der Waals surface area contributed by atoms with Gasteiger partial charge in [0.05, 0.1) is 0 Å². The Morgan fingerprint density at radius 2 is 2.38 bits per heavy atom. The molecule has 0 rings (SSSR count). The van der Waals surface area contributed by atoms with E-state index in [4.69, 9.17) is 0 Å². The van der Waals surface area contributed by atoms with E-state index in [1.807, 2.05) is 6.92 Å². The number of nitrogens with zero attached hydrogens (tertiary/aromatic N) is 1. The van der Waals surface area contributed by atoms with E-state index >= 15 is 0 Å². The molecule has 0 saturated carbocycles. The van der Waals surface area contributed by atoms with Gasteiger partial charge in [0, 0.05) is 12.7 Å². The van der Waals surface area contributed by atoms with Gasteiger partial charge in [0.2, 0.25) is 6.41 Å². The zero-order valence-electron chi connectivity index (χ0n) is 5.35. The highest BCUT2D eigenvalue weighted by Crippen LogP contribution is 1.97. The van der Waals surface area contributed by atoms with Gasteiger partial charge in [0.25, 0.3) is 0 Å². The van der Waals surface area contributed by atoms with Crippen LogP contribution in [0.15, 0.2) is 12.3 Å². The normalized spacial score (nSPS) is 8.25. The van der Waals surface area contributed by atoms with E-state index in [9.17, 15) is 4.79 Å². The van der Waals surface area contributed by atoms with Crippen LogP contribution in [-0.2, 0) is 4.79 Å². The third kappa shape index (κ3) is 1.78. The Morgan fingerprint density at radius 1 is 1.88 bits per heavy atom. The van der Waals surface area contributed by atoms with Crippen LogP contribution in [0.25, 0.3) is 0 Å². The zero-order valence-corrected chi connectivity index (χ0v) is 5.35. The molecule has 2 nitrogen and oxygen atoms in total. The van der Waals surface area contributed by atoms with Crippen molar-refractivity contribution in [1.82, 2.24) is 4.90 Å². The first-order valence-corrected chi connectivity index (χ1v) is 2.58. The van der Waals surface area contributed by atoms with E-state index < -0.39 is 0 Å². The van der Waals surface area contributed by atoms with E-state index in [0.717, 1.165) is 18.5 Å². The second kappa shape index (κ2) is 3.24. The van der Waals surface area contributed by atoms with Crippen molar-refractivity contribution in [2.24, 2.45) is 0 Å². The van der Waals surface area contributed by atoms with Crippen LogP contribution in [0.4, 0.5) is 0 Å². The molecular weight excluding hydrogens is 102 g/mol. The van der Waals surface area contributed by atoms with Crippen LogP contribution in [0.1, 0.15) is 13.3 Å². The number of carbonyl (C=O) groups is 1. The van der Waals surface area contributed by atoms with Crippen LogP contribution in [0, 0.1) is 0 Å². The molecule has 8 heavy (non-hydrogen) atoms. The van der Waals surface area contributed by atoms with Crippen molar-refractivity contribution in [1.29, 1.82) is 0 Å². The van der Waals surface area contributed by atoms with Crippen molar-refractivity contribution in [2.45, 2.75) is 13.3 Å². The lowest BCUT2D eigenvalue weighted by molar-refractivity contribution is -0.115. The number of carbonyl (C=O) groups excluding carboxylic acids is 1. The summed E-state index contributed by atoms with van der Waals surface area (Å²) in [5, 5.41) is 0. The van der Waals surface area contributed by atoms with Gasteiger partial charge < -0.3 is 4.90 Å². The lowest BCUT2D eigenvalue weighted by Crippen LogP contribution is -2.12. The molecule has 0 heterocycles. The quantitative estimate of drug-likeness (QED) is 0.500. The molecule has 0 unspecified atom stereocenters. The fraction of sp³-hybridized carbons (Fsp3) is 0.500. The van der Waals surface area contributed by atoms with Gasteiger partial charge in [-0.15, -0.1) is 0 Å². The Bertz CT molecular complexity index is 98.7.